The van der Waals surface area contributed by atoms with Gasteiger partial charge in [0, 0.05) is 46.7 Å². The number of ether oxygens (including phenoxy) is 2. The van der Waals surface area contributed by atoms with Crippen LogP contribution in [0.15, 0.2) is 40.8 Å². The van der Waals surface area contributed by atoms with Crippen molar-refractivity contribution in [3.63, 3.8) is 0 Å². The van der Waals surface area contributed by atoms with Gasteiger partial charge in [-0.1, -0.05) is 18.2 Å². The average molecular weight is 434 g/mol. The Labute approximate surface area is 189 Å². The minimum absolute atomic E-state index is 0.150. The molecule has 0 saturated heterocycles. The second-order valence-corrected chi connectivity index (χ2v) is 8.26. The fraction of sp³-hybridized carbons (Fsp3) is 0.370. The zero-order valence-corrected chi connectivity index (χ0v) is 19.3. The first-order valence-electron chi connectivity index (χ1n) is 11.3. The molecule has 0 spiro atoms. The number of rotatable bonds is 7. The predicted octanol–water partition coefficient (Wildman–Crippen LogP) is 5.75. The Kier molecular flexibility index (Phi) is 6.54. The minimum atomic E-state index is -0.150. The lowest BCUT2D eigenvalue weighted by Gasteiger charge is -2.15. The fourth-order valence-corrected chi connectivity index (χ4v) is 4.52. The lowest BCUT2D eigenvalue weighted by atomic mass is 9.93. The van der Waals surface area contributed by atoms with Crippen LogP contribution in [0, 0.1) is 6.92 Å². The van der Waals surface area contributed by atoms with Gasteiger partial charge in [0.15, 0.2) is 0 Å². The van der Waals surface area contributed by atoms with Gasteiger partial charge in [0.2, 0.25) is 5.91 Å². The number of furan rings is 1. The molecule has 5 heteroatoms. The molecule has 3 aromatic rings. The maximum absolute atomic E-state index is 12.7. The zero-order valence-electron chi connectivity index (χ0n) is 19.3. The van der Waals surface area contributed by atoms with Crippen LogP contribution < -0.4 is 14.8 Å². The molecule has 1 aliphatic carbocycles. The third-order valence-electron chi connectivity index (χ3n) is 6.13. The molecule has 2 aromatic carbocycles. The van der Waals surface area contributed by atoms with Crippen LogP contribution in [0.2, 0.25) is 0 Å². The van der Waals surface area contributed by atoms with Crippen molar-refractivity contribution in [3.8, 4) is 11.5 Å². The SMILES string of the molecule is CCOc1c(/C(C)=C/C(=O)NCc2ccccc2OC)cc2c3c(oc2c1C)CCCC3. The maximum atomic E-state index is 12.7. The van der Waals surface area contributed by atoms with E-state index in [-0.39, 0.29) is 5.91 Å². The van der Waals surface area contributed by atoms with Gasteiger partial charge in [-0.15, -0.1) is 0 Å². The number of para-hydroxylation sites is 1. The van der Waals surface area contributed by atoms with E-state index in [1.807, 2.05) is 45.0 Å². The van der Waals surface area contributed by atoms with E-state index in [0.29, 0.717) is 13.2 Å². The largest absolute Gasteiger partial charge is 0.496 e. The number of methoxy groups -OCH3 is 1. The van der Waals surface area contributed by atoms with Crippen molar-refractivity contribution in [2.24, 2.45) is 0 Å². The molecule has 1 amide bonds. The van der Waals surface area contributed by atoms with E-state index in [2.05, 4.69) is 11.4 Å². The van der Waals surface area contributed by atoms with Gasteiger partial charge in [-0.25, -0.2) is 0 Å². The summed E-state index contributed by atoms with van der Waals surface area (Å²) >= 11 is 0. The van der Waals surface area contributed by atoms with E-state index in [1.165, 1.54) is 18.4 Å². The molecule has 1 heterocycles. The summed E-state index contributed by atoms with van der Waals surface area (Å²) in [6, 6.07) is 9.82. The molecule has 5 nitrogen and oxygen atoms in total. The van der Waals surface area contributed by atoms with Crippen LogP contribution >= 0.6 is 0 Å². The minimum Gasteiger partial charge on any atom is -0.496 e. The number of hydrogen-bond acceptors (Lipinski definition) is 4. The van der Waals surface area contributed by atoms with Crippen molar-refractivity contribution in [2.45, 2.75) is 53.0 Å². The number of carbonyl (C=O) groups is 1. The lowest BCUT2D eigenvalue weighted by molar-refractivity contribution is -0.116. The van der Waals surface area contributed by atoms with Gasteiger partial charge in [-0.3, -0.25) is 4.79 Å². The summed E-state index contributed by atoms with van der Waals surface area (Å²) in [5.41, 5.74) is 5.97. The van der Waals surface area contributed by atoms with Gasteiger partial charge in [0.05, 0.1) is 13.7 Å². The molecule has 4 rings (SSSR count). The molecule has 0 fully saturated rings. The van der Waals surface area contributed by atoms with Gasteiger partial charge in [0.25, 0.3) is 0 Å². The van der Waals surface area contributed by atoms with E-state index in [1.54, 1.807) is 13.2 Å². The van der Waals surface area contributed by atoms with Crippen LogP contribution in [0.4, 0.5) is 0 Å². The Morgan fingerprint density at radius 3 is 2.78 bits per heavy atom. The maximum Gasteiger partial charge on any atom is 0.244 e. The summed E-state index contributed by atoms with van der Waals surface area (Å²) in [4.78, 5) is 12.7. The molecule has 0 atom stereocenters. The number of carbonyl (C=O) groups excluding carboxylic acids is 1. The molecule has 1 aliphatic rings. The third kappa shape index (κ3) is 4.24. The van der Waals surface area contributed by atoms with Gasteiger partial charge in [0.1, 0.15) is 22.8 Å². The Morgan fingerprint density at radius 1 is 1.22 bits per heavy atom. The number of benzene rings is 2. The molecular weight excluding hydrogens is 402 g/mol. The number of allylic oxidation sites excluding steroid dienone is 1. The van der Waals surface area contributed by atoms with E-state index in [4.69, 9.17) is 13.9 Å². The van der Waals surface area contributed by atoms with Crippen LogP contribution in [-0.4, -0.2) is 19.6 Å². The van der Waals surface area contributed by atoms with Crippen molar-refractivity contribution in [3.05, 3.63) is 64.4 Å². The summed E-state index contributed by atoms with van der Waals surface area (Å²) in [6.45, 7) is 6.92. The van der Waals surface area contributed by atoms with Crippen LogP contribution in [0.25, 0.3) is 16.5 Å². The molecule has 0 radical (unpaired) electrons. The second kappa shape index (κ2) is 9.51. The Bertz CT molecular complexity index is 1170. The highest BCUT2D eigenvalue weighted by molar-refractivity contribution is 5.98. The third-order valence-corrected chi connectivity index (χ3v) is 6.13. The molecule has 0 bridgehead atoms. The van der Waals surface area contributed by atoms with Gasteiger partial charge in [-0.2, -0.15) is 0 Å². The first kappa shape index (κ1) is 22.0. The highest BCUT2D eigenvalue weighted by atomic mass is 16.5. The van der Waals surface area contributed by atoms with E-state index < -0.39 is 0 Å². The molecule has 0 unspecified atom stereocenters. The van der Waals surface area contributed by atoms with Crippen molar-refractivity contribution in [1.82, 2.24) is 5.32 Å². The van der Waals surface area contributed by atoms with Gasteiger partial charge in [-0.05, 0) is 57.7 Å². The van der Waals surface area contributed by atoms with Crippen molar-refractivity contribution < 1.29 is 18.7 Å². The smallest absolute Gasteiger partial charge is 0.244 e. The quantitative estimate of drug-likeness (QED) is 0.482. The Balaban J connectivity index is 1.65. The Hall–Kier alpha value is -3.21. The summed E-state index contributed by atoms with van der Waals surface area (Å²) in [7, 11) is 1.63. The fourth-order valence-electron chi connectivity index (χ4n) is 4.52. The van der Waals surface area contributed by atoms with Crippen LogP contribution in [0.5, 0.6) is 11.5 Å². The van der Waals surface area contributed by atoms with Crippen LogP contribution in [-0.2, 0) is 24.2 Å². The molecule has 1 N–H and O–H groups in total. The van der Waals surface area contributed by atoms with Gasteiger partial charge < -0.3 is 19.2 Å². The normalized spacial score (nSPS) is 13.7. The molecule has 0 aliphatic heterocycles. The van der Waals surface area contributed by atoms with Crippen molar-refractivity contribution >= 4 is 22.4 Å². The average Bonchev–Trinajstić information content (AvgIpc) is 3.18. The first-order valence-corrected chi connectivity index (χ1v) is 11.3. The highest BCUT2D eigenvalue weighted by Gasteiger charge is 2.23. The summed E-state index contributed by atoms with van der Waals surface area (Å²) in [5.74, 6) is 2.50. The topological polar surface area (TPSA) is 60.7 Å². The van der Waals surface area contributed by atoms with Crippen LogP contribution in [0.3, 0.4) is 0 Å². The molecule has 32 heavy (non-hydrogen) atoms. The number of hydrogen-bond donors (Lipinski definition) is 1. The summed E-state index contributed by atoms with van der Waals surface area (Å²) in [6.07, 6.45) is 6.02. The van der Waals surface area contributed by atoms with Gasteiger partial charge >= 0.3 is 0 Å². The monoisotopic (exact) mass is 433 g/mol. The van der Waals surface area contributed by atoms with E-state index in [0.717, 1.165) is 63.3 Å². The number of aryl methyl sites for hydroxylation is 3. The molecule has 0 saturated carbocycles. The second-order valence-electron chi connectivity index (χ2n) is 8.26. The predicted molar refractivity (Wildman–Crippen MR) is 127 cm³/mol. The molecule has 168 valence electrons. The highest BCUT2D eigenvalue weighted by Crippen LogP contribution is 2.41. The standard InChI is InChI=1S/C27H31NO4/c1-5-31-26-18(3)27-22(20-11-7-9-13-24(20)32-27)15-21(26)17(2)14-25(29)28-16-19-10-6-8-12-23(19)30-4/h6,8,10,12,14-15H,5,7,9,11,13,16H2,1-4H3,(H,28,29)/b17-14+. The van der Waals surface area contributed by atoms with E-state index >= 15 is 0 Å². The number of nitrogens with one attached hydrogen (secondary N) is 1. The summed E-state index contributed by atoms with van der Waals surface area (Å²) < 4.78 is 17.6. The van der Waals surface area contributed by atoms with E-state index in [9.17, 15) is 4.79 Å². The lowest BCUT2D eigenvalue weighted by Crippen LogP contribution is -2.21. The van der Waals surface area contributed by atoms with Crippen LogP contribution in [0.1, 0.15) is 54.7 Å². The molecule has 1 aromatic heterocycles. The zero-order chi connectivity index (χ0) is 22.7. The summed E-state index contributed by atoms with van der Waals surface area (Å²) in [5, 5.41) is 4.12. The van der Waals surface area contributed by atoms with Crippen molar-refractivity contribution in [1.29, 1.82) is 0 Å². The van der Waals surface area contributed by atoms with Crippen molar-refractivity contribution in [2.75, 3.05) is 13.7 Å². The Morgan fingerprint density at radius 2 is 2.00 bits per heavy atom. The first-order chi connectivity index (χ1) is 15.5. The molecular formula is C27H31NO4. The number of amides is 1. The number of fused-ring (bicyclic) bond motifs is 3.